The molecule has 0 aliphatic rings. The van der Waals surface area contributed by atoms with Gasteiger partial charge in [0.1, 0.15) is 0 Å². The van der Waals surface area contributed by atoms with Gasteiger partial charge in [0, 0.05) is 19.3 Å². The van der Waals surface area contributed by atoms with Crippen molar-refractivity contribution >= 4 is 27.5 Å². The highest BCUT2D eigenvalue weighted by Gasteiger charge is 2.17. The summed E-state index contributed by atoms with van der Waals surface area (Å²) in [6, 6.07) is 9.12. The summed E-state index contributed by atoms with van der Waals surface area (Å²) in [5, 5.41) is 0. The lowest BCUT2D eigenvalue weighted by Crippen LogP contribution is -2.26. The van der Waals surface area contributed by atoms with Crippen LogP contribution < -0.4 is 5.73 Å². The molecular formula is C13H13BrN2O2. The summed E-state index contributed by atoms with van der Waals surface area (Å²) in [5.74, 6) is -0.0990. The van der Waals surface area contributed by atoms with Crippen molar-refractivity contribution < 1.29 is 9.21 Å². The number of nitrogens with two attached hydrogens (primary N) is 1. The summed E-state index contributed by atoms with van der Waals surface area (Å²) in [4.78, 5) is 13.7. The first-order valence-electron chi connectivity index (χ1n) is 5.41. The van der Waals surface area contributed by atoms with E-state index in [4.69, 9.17) is 10.2 Å². The Morgan fingerprint density at radius 3 is 2.83 bits per heavy atom. The van der Waals surface area contributed by atoms with E-state index < -0.39 is 0 Å². The normalized spacial score (nSPS) is 10.3. The third-order valence-corrected chi connectivity index (χ3v) is 3.18. The molecule has 18 heavy (non-hydrogen) atoms. The van der Waals surface area contributed by atoms with Crippen molar-refractivity contribution in [1.82, 2.24) is 4.90 Å². The number of amides is 1. The molecule has 2 rings (SSSR count). The van der Waals surface area contributed by atoms with Crippen LogP contribution in [0.15, 0.2) is 45.7 Å². The first-order chi connectivity index (χ1) is 8.58. The molecule has 0 fully saturated rings. The lowest BCUT2D eigenvalue weighted by molar-refractivity contribution is 0.0783. The number of halogens is 1. The molecule has 0 radical (unpaired) electrons. The Hall–Kier alpha value is -1.75. The fourth-order valence-electron chi connectivity index (χ4n) is 1.69. The fourth-order valence-corrected chi connectivity index (χ4v) is 2.10. The summed E-state index contributed by atoms with van der Waals surface area (Å²) in [6.07, 6.45) is 1.48. The minimum absolute atomic E-state index is 0.0990. The topological polar surface area (TPSA) is 59.5 Å². The average molecular weight is 309 g/mol. The number of anilines is 1. The van der Waals surface area contributed by atoms with Crippen molar-refractivity contribution in [1.29, 1.82) is 0 Å². The standard InChI is InChI=1S/C13H13BrN2O2/c1-16(8-9-3-2-4-10(15)7-9)13(17)11-5-6-18-12(11)14/h2-7H,8,15H2,1H3. The van der Waals surface area contributed by atoms with Gasteiger partial charge in [0.2, 0.25) is 0 Å². The molecule has 1 aromatic carbocycles. The molecule has 2 N–H and O–H groups in total. The maximum absolute atomic E-state index is 12.1. The number of carbonyl (C=O) groups is 1. The largest absolute Gasteiger partial charge is 0.457 e. The predicted molar refractivity (Wildman–Crippen MR) is 73.1 cm³/mol. The summed E-state index contributed by atoms with van der Waals surface area (Å²) in [7, 11) is 1.74. The van der Waals surface area contributed by atoms with E-state index in [0.29, 0.717) is 22.5 Å². The molecule has 1 heterocycles. The molecule has 0 aliphatic carbocycles. The minimum atomic E-state index is -0.0990. The first-order valence-corrected chi connectivity index (χ1v) is 6.20. The van der Waals surface area contributed by atoms with Crippen molar-refractivity contribution in [2.24, 2.45) is 0 Å². The number of hydrogen-bond donors (Lipinski definition) is 1. The van der Waals surface area contributed by atoms with Crippen molar-refractivity contribution in [3.05, 3.63) is 52.4 Å². The van der Waals surface area contributed by atoms with Crippen LogP contribution in [0.5, 0.6) is 0 Å². The zero-order valence-corrected chi connectivity index (χ0v) is 11.5. The quantitative estimate of drug-likeness (QED) is 0.887. The van der Waals surface area contributed by atoms with Gasteiger partial charge in [-0.2, -0.15) is 0 Å². The second-order valence-electron chi connectivity index (χ2n) is 4.01. The summed E-state index contributed by atoms with van der Waals surface area (Å²) in [5.41, 5.74) is 7.90. The number of hydrogen-bond acceptors (Lipinski definition) is 3. The first kappa shape index (κ1) is 12.7. The van der Waals surface area contributed by atoms with E-state index in [0.717, 1.165) is 5.56 Å². The van der Waals surface area contributed by atoms with Crippen LogP contribution in [0, 0.1) is 0 Å². The van der Waals surface area contributed by atoms with Crippen LogP contribution in [0.1, 0.15) is 15.9 Å². The Labute approximate surface area is 114 Å². The van der Waals surface area contributed by atoms with E-state index in [-0.39, 0.29) is 5.91 Å². The molecule has 0 spiro atoms. The van der Waals surface area contributed by atoms with Crippen molar-refractivity contribution in [3.63, 3.8) is 0 Å². The summed E-state index contributed by atoms with van der Waals surface area (Å²) < 4.78 is 5.51. The Balaban J connectivity index is 2.11. The highest BCUT2D eigenvalue weighted by molar-refractivity contribution is 9.10. The Morgan fingerprint density at radius 1 is 1.44 bits per heavy atom. The minimum Gasteiger partial charge on any atom is -0.457 e. The number of carbonyl (C=O) groups excluding carboxylic acids is 1. The smallest absolute Gasteiger partial charge is 0.258 e. The number of benzene rings is 1. The van der Waals surface area contributed by atoms with E-state index in [1.54, 1.807) is 18.0 Å². The van der Waals surface area contributed by atoms with Crippen LogP contribution in [0.25, 0.3) is 0 Å². The van der Waals surface area contributed by atoms with E-state index in [2.05, 4.69) is 15.9 Å². The molecule has 0 saturated heterocycles. The molecule has 94 valence electrons. The molecule has 4 nitrogen and oxygen atoms in total. The second-order valence-corrected chi connectivity index (χ2v) is 4.73. The highest BCUT2D eigenvalue weighted by atomic mass is 79.9. The van der Waals surface area contributed by atoms with Crippen LogP contribution in [0.3, 0.4) is 0 Å². The molecule has 0 aliphatic heterocycles. The Bertz CT molecular complexity index is 566. The number of furan rings is 1. The SMILES string of the molecule is CN(Cc1cccc(N)c1)C(=O)c1ccoc1Br. The molecule has 0 bridgehead atoms. The van der Waals surface area contributed by atoms with Gasteiger partial charge in [-0.3, -0.25) is 4.79 Å². The van der Waals surface area contributed by atoms with Gasteiger partial charge in [0.05, 0.1) is 11.8 Å². The third-order valence-electron chi connectivity index (χ3n) is 2.57. The lowest BCUT2D eigenvalue weighted by atomic mass is 10.2. The summed E-state index contributed by atoms with van der Waals surface area (Å²) in [6.45, 7) is 0.501. The lowest BCUT2D eigenvalue weighted by Gasteiger charge is -2.16. The Kier molecular flexibility index (Phi) is 3.72. The number of nitrogens with zero attached hydrogens (tertiary/aromatic N) is 1. The molecule has 2 aromatic rings. The fraction of sp³-hybridized carbons (Fsp3) is 0.154. The van der Waals surface area contributed by atoms with Crippen LogP contribution in [-0.2, 0) is 6.54 Å². The van der Waals surface area contributed by atoms with Gasteiger partial charge in [0.15, 0.2) is 4.67 Å². The monoisotopic (exact) mass is 308 g/mol. The zero-order chi connectivity index (χ0) is 13.1. The van der Waals surface area contributed by atoms with Gasteiger partial charge in [-0.25, -0.2) is 0 Å². The van der Waals surface area contributed by atoms with Gasteiger partial charge in [-0.15, -0.1) is 0 Å². The molecular weight excluding hydrogens is 296 g/mol. The number of nitrogen functional groups attached to an aromatic ring is 1. The van der Waals surface area contributed by atoms with Crippen molar-refractivity contribution in [2.75, 3.05) is 12.8 Å². The molecule has 0 saturated carbocycles. The van der Waals surface area contributed by atoms with Gasteiger partial charge < -0.3 is 15.1 Å². The Morgan fingerprint density at radius 2 is 2.22 bits per heavy atom. The average Bonchev–Trinajstić information content (AvgIpc) is 2.74. The van der Waals surface area contributed by atoms with E-state index >= 15 is 0 Å². The van der Waals surface area contributed by atoms with Crippen LogP contribution >= 0.6 is 15.9 Å². The van der Waals surface area contributed by atoms with Gasteiger partial charge in [0.25, 0.3) is 5.91 Å². The molecule has 1 aromatic heterocycles. The van der Waals surface area contributed by atoms with Gasteiger partial charge in [-0.1, -0.05) is 12.1 Å². The second kappa shape index (κ2) is 5.27. The van der Waals surface area contributed by atoms with E-state index in [9.17, 15) is 4.79 Å². The van der Waals surface area contributed by atoms with Crippen LogP contribution in [0.2, 0.25) is 0 Å². The molecule has 0 unspecified atom stereocenters. The molecule has 5 heteroatoms. The van der Waals surface area contributed by atoms with E-state index in [1.807, 2.05) is 24.3 Å². The van der Waals surface area contributed by atoms with Crippen LogP contribution in [0.4, 0.5) is 5.69 Å². The van der Waals surface area contributed by atoms with Crippen molar-refractivity contribution in [3.8, 4) is 0 Å². The maximum Gasteiger partial charge on any atom is 0.258 e. The zero-order valence-electron chi connectivity index (χ0n) is 9.89. The summed E-state index contributed by atoms with van der Waals surface area (Å²) >= 11 is 3.20. The van der Waals surface area contributed by atoms with E-state index in [1.165, 1.54) is 6.26 Å². The maximum atomic E-state index is 12.1. The predicted octanol–water partition coefficient (Wildman–Crippen LogP) is 2.90. The third kappa shape index (κ3) is 2.73. The highest BCUT2D eigenvalue weighted by Crippen LogP contribution is 2.20. The van der Waals surface area contributed by atoms with Crippen molar-refractivity contribution in [2.45, 2.75) is 6.54 Å². The molecule has 0 atom stereocenters. The number of rotatable bonds is 3. The molecule has 1 amide bonds. The van der Waals surface area contributed by atoms with Crippen LogP contribution in [-0.4, -0.2) is 17.9 Å². The van der Waals surface area contributed by atoms with Gasteiger partial charge in [-0.05, 0) is 39.7 Å². The van der Waals surface area contributed by atoms with Gasteiger partial charge >= 0.3 is 0 Å².